The number of aliphatic hydroxyl groups is 1. The number of carboxylic acid groups (broad SMARTS) is 1. The fourth-order valence-electron chi connectivity index (χ4n) is 11.1. The number of fused-ring (bicyclic) bond motifs is 1. The van der Waals surface area contributed by atoms with Crippen molar-refractivity contribution in [2.24, 2.45) is 29.6 Å². The number of Topliss-reactive ketones (excluding diaryl/α,β-unsaturated/α-hetero) is 1. The summed E-state index contributed by atoms with van der Waals surface area (Å²) in [6.07, 6.45) is 5.93. The molecule has 1 saturated heterocycles. The van der Waals surface area contributed by atoms with E-state index in [1.165, 1.54) is 12.0 Å². The van der Waals surface area contributed by atoms with E-state index in [1.807, 2.05) is 20.8 Å². The van der Waals surface area contributed by atoms with Crippen molar-refractivity contribution in [1.82, 2.24) is 4.90 Å². The molecular formula is C61H113NO13Si3. The zero-order valence-corrected chi connectivity index (χ0v) is 56.5. The molecule has 0 spiro atoms. The van der Waals surface area contributed by atoms with Gasteiger partial charge in [0.25, 0.3) is 5.91 Å². The standard InChI is InChI=1S/C61H113NO13Si3/c1-25-45-33-39(2)32-40(3)34-51(70-17)54(75-78(23,24)60(13,14)15)52(71-18)36-42(5)61(68,57(66)67)56(65)62-31-27-26-28-46(62)55(64)72-53(43(6)49(38-47(45)63)74-77(21,22)59(10,11)12)41(4)35-44-29-30-48(50(37-44)69-16)73-76(19,20)58(7,8)9/h33,35,40,42-46,48-54,68H,25-32,34,36-38H2,1-24H3,(H,66,67)/b39-33+,41-35+/t40-,42+,43+,44-,45+,46-,48+,49-,50+,51-,52-,53+,54?,61-/m0/s1. The molecule has 0 aromatic rings. The van der Waals surface area contributed by atoms with Crippen molar-refractivity contribution in [3.63, 3.8) is 0 Å². The van der Waals surface area contributed by atoms with E-state index < -0.39 is 96.8 Å². The first-order valence-corrected chi connectivity index (χ1v) is 38.3. The van der Waals surface area contributed by atoms with E-state index in [1.54, 1.807) is 21.1 Å². The number of ether oxygens (including phenoxy) is 4. The normalized spacial score (nSPS) is 34.0. The molecule has 3 aliphatic rings. The van der Waals surface area contributed by atoms with E-state index in [0.717, 1.165) is 24.0 Å². The summed E-state index contributed by atoms with van der Waals surface area (Å²) in [6.45, 7) is 44.7. The van der Waals surface area contributed by atoms with E-state index in [4.69, 9.17) is 32.2 Å². The first-order chi connectivity index (χ1) is 35.6. The van der Waals surface area contributed by atoms with Crippen LogP contribution in [-0.4, -0.2) is 146 Å². The van der Waals surface area contributed by atoms with Gasteiger partial charge in [0.05, 0.1) is 36.6 Å². The molecular weight excluding hydrogens is 1040 g/mol. The highest BCUT2D eigenvalue weighted by atomic mass is 28.4. The number of carbonyl (C=O) groups excluding carboxylic acids is 3. The van der Waals surface area contributed by atoms with Crippen LogP contribution in [0.4, 0.5) is 0 Å². The molecule has 1 unspecified atom stereocenters. The van der Waals surface area contributed by atoms with Gasteiger partial charge in [-0.25, -0.2) is 9.59 Å². The van der Waals surface area contributed by atoms with Crippen molar-refractivity contribution >= 4 is 48.6 Å². The van der Waals surface area contributed by atoms with Crippen molar-refractivity contribution in [3.8, 4) is 0 Å². The van der Waals surface area contributed by atoms with Crippen LogP contribution >= 0.6 is 0 Å². The quantitative estimate of drug-likeness (QED) is 0.0772. The highest BCUT2D eigenvalue weighted by Crippen LogP contribution is 2.44. The number of carboxylic acids is 1. The number of piperidine rings is 1. The molecule has 0 aromatic heterocycles. The fourth-order valence-corrected chi connectivity index (χ4v) is 15.3. The first kappa shape index (κ1) is 70.2. The highest BCUT2D eigenvalue weighted by Gasteiger charge is 2.56. The molecule has 1 saturated carbocycles. The van der Waals surface area contributed by atoms with Crippen LogP contribution in [0.15, 0.2) is 23.3 Å². The fraction of sp³-hybridized carbons (Fsp3) is 0.869. The topological polar surface area (TPSA) is 177 Å². The Morgan fingerprint density at radius 2 is 1.24 bits per heavy atom. The molecule has 0 radical (unpaired) electrons. The summed E-state index contributed by atoms with van der Waals surface area (Å²) in [5, 5.41) is 23.2. The Labute approximate surface area is 477 Å². The molecule has 14 nitrogen and oxygen atoms in total. The predicted molar refractivity (Wildman–Crippen MR) is 320 cm³/mol. The van der Waals surface area contributed by atoms with Gasteiger partial charge in [-0.15, -0.1) is 0 Å². The Morgan fingerprint density at radius 3 is 1.74 bits per heavy atom. The molecule has 0 bridgehead atoms. The van der Waals surface area contributed by atoms with Crippen LogP contribution in [0.25, 0.3) is 0 Å². The zero-order chi connectivity index (χ0) is 59.9. The minimum absolute atomic E-state index is 0.0299. The van der Waals surface area contributed by atoms with Crippen LogP contribution in [0.1, 0.15) is 174 Å². The van der Waals surface area contributed by atoms with Crippen molar-refractivity contribution in [2.75, 3.05) is 27.9 Å². The Bertz CT molecular complexity index is 2050. The summed E-state index contributed by atoms with van der Waals surface area (Å²) >= 11 is 0. The molecule has 1 aliphatic carbocycles. The molecule has 452 valence electrons. The summed E-state index contributed by atoms with van der Waals surface area (Å²) in [6, 6.07) is -1.20. The maximum atomic E-state index is 15.3. The number of ketones is 1. The lowest BCUT2D eigenvalue weighted by molar-refractivity contribution is -0.186. The van der Waals surface area contributed by atoms with Gasteiger partial charge in [-0.05, 0) is 150 Å². The minimum Gasteiger partial charge on any atom is -0.479 e. The molecule has 0 aromatic carbocycles. The zero-order valence-electron chi connectivity index (χ0n) is 53.5. The number of hydrogen-bond donors (Lipinski definition) is 2. The summed E-state index contributed by atoms with van der Waals surface area (Å²) < 4.78 is 47.0. The van der Waals surface area contributed by atoms with Crippen LogP contribution in [0.3, 0.4) is 0 Å². The molecule has 17 heteroatoms. The smallest absolute Gasteiger partial charge is 0.345 e. The van der Waals surface area contributed by atoms with Gasteiger partial charge in [-0.1, -0.05) is 108 Å². The lowest BCUT2D eigenvalue weighted by Crippen LogP contribution is -2.63. The summed E-state index contributed by atoms with van der Waals surface area (Å²) in [4.78, 5) is 60.3. The molecule has 14 atom stereocenters. The van der Waals surface area contributed by atoms with Gasteiger partial charge in [0.2, 0.25) is 5.60 Å². The van der Waals surface area contributed by atoms with Crippen molar-refractivity contribution < 1.29 is 61.6 Å². The molecule has 2 N–H and O–H groups in total. The van der Waals surface area contributed by atoms with Crippen LogP contribution in [0, 0.1) is 29.6 Å². The number of carbonyl (C=O) groups is 4. The third kappa shape index (κ3) is 17.5. The Kier molecular flexibility index (Phi) is 25.2. The van der Waals surface area contributed by atoms with Crippen molar-refractivity contribution in [1.29, 1.82) is 0 Å². The van der Waals surface area contributed by atoms with E-state index in [0.29, 0.717) is 38.5 Å². The van der Waals surface area contributed by atoms with Gasteiger partial charge < -0.3 is 47.3 Å². The number of esters is 1. The lowest BCUT2D eigenvalue weighted by Gasteiger charge is -2.45. The maximum absolute atomic E-state index is 15.3. The van der Waals surface area contributed by atoms with Gasteiger partial charge in [0.1, 0.15) is 17.9 Å². The van der Waals surface area contributed by atoms with Gasteiger partial charge in [-0.2, -0.15) is 0 Å². The second-order valence-corrected chi connectivity index (χ2v) is 42.9. The largest absolute Gasteiger partial charge is 0.479 e. The van der Waals surface area contributed by atoms with E-state index in [-0.39, 0.29) is 76.7 Å². The summed E-state index contributed by atoms with van der Waals surface area (Å²) in [5.74, 6) is -5.46. The van der Waals surface area contributed by atoms with E-state index >= 15 is 14.4 Å². The molecule has 78 heavy (non-hydrogen) atoms. The first-order valence-electron chi connectivity index (χ1n) is 29.6. The molecule has 1 amide bonds. The summed E-state index contributed by atoms with van der Waals surface area (Å²) in [7, 11) is -2.35. The van der Waals surface area contributed by atoms with Crippen LogP contribution in [0.5, 0.6) is 0 Å². The van der Waals surface area contributed by atoms with Crippen LogP contribution < -0.4 is 0 Å². The van der Waals surface area contributed by atoms with Crippen LogP contribution in [0.2, 0.25) is 54.4 Å². The number of cyclic esters (lactones) is 1. The molecule has 2 heterocycles. The Balaban J connectivity index is 2.36. The minimum atomic E-state index is -2.95. The van der Waals surface area contributed by atoms with Crippen molar-refractivity contribution in [2.45, 2.75) is 283 Å². The molecule has 2 fully saturated rings. The number of methoxy groups -OCH3 is 3. The van der Waals surface area contributed by atoms with Crippen LogP contribution in [-0.2, 0) is 51.4 Å². The maximum Gasteiger partial charge on any atom is 0.345 e. The Hall–Kier alpha value is -2.07. The number of aliphatic carboxylic acids is 1. The van der Waals surface area contributed by atoms with E-state index in [9.17, 15) is 15.0 Å². The average molecular weight is 1150 g/mol. The monoisotopic (exact) mass is 1150 g/mol. The third-order valence-corrected chi connectivity index (χ3v) is 32.9. The van der Waals surface area contributed by atoms with Gasteiger partial charge in [0, 0.05) is 52.0 Å². The number of amides is 1. The molecule has 2 aliphatic heterocycles. The number of allylic oxidation sites excluding steroid dienone is 3. The second-order valence-electron chi connectivity index (χ2n) is 28.7. The third-order valence-electron chi connectivity index (χ3n) is 19.4. The lowest BCUT2D eigenvalue weighted by atomic mass is 9.80. The number of hydrogen-bond acceptors (Lipinski definition) is 12. The van der Waals surface area contributed by atoms with Gasteiger partial charge in [0.15, 0.2) is 25.0 Å². The van der Waals surface area contributed by atoms with Crippen molar-refractivity contribution in [3.05, 3.63) is 23.3 Å². The van der Waals surface area contributed by atoms with E-state index in [2.05, 4.69) is 128 Å². The Morgan fingerprint density at radius 1 is 0.731 bits per heavy atom. The highest BCUT2D eigenvalue weighted by molar-refractivity contribution is 6.75. The number of nitrogens with zero attached hydrogens (tertiary/aromatic N) is 1. The molecule has 3 rings (SSSR count). The van der Waals surface area contributed by atoms with Gasteiger partial charge >= 0.3 is 11.9 Å². The number of rotatable bonds is 13. The SMILES string of the molecule is CC[C@@H]1/C=C(\C)C[C@H](C)C[C@H](OC)C(O[Si](C)(C)C(C)(C)C)[C@@H](OC)C[C@@H](C)[C@@](O)(C(=O)O)C(=O)N2CCCC[C@H]2C(=O)O[C@H](/C(C)=C/[C@@H]2CC[C@@H](O[Si](C)(C)C(C)(C)C)[C@H](OC)C2)[C@H](C)[C@@H](O[Si](C)(C)C(C)(C)C)CC1=O. The van der Waals surface area contributed by atoms with Gasteiger partial charge in [-0.3, -0.25) is 9.59 Å². The summed E-state index contributed by atoms with van der Waals surface area (Å²) in [5.41, 5.74) is -1.09. The second kappa shape index (κ2) is 28.0. The predicted octanol–water partition coefficient (Wildman–Crippen LogP) is 13.1. The average Bonchev–Trinajstić information content (AvgIpc) is 3.32.